The molecule has 0 spiro atoms. The van der Waals surface area contributed by atoms with Gasteiger partial charge in [0.05, 0.1) is 0 Å². The number of hydrogen-bond donors (Lipinski definition) is 4. The van der Waals surface area contributed by atoms with Crippen molar-refractivity contribution in [2.45, 2.75) is 54.5 Å². The van der Waals surface area contributed by atoms with Crippen LogP contribution in [0.25, 0.3) is 10.8 Å². The van der Waals surface area contributed by atoms with Crippen LogP contribution in [0.15, 0.2) is 103 Å². The molecule has 1 saturated heterocycles. The summed E-state index contributed by atoms with van der Waals surface area (Å²) in [6, 6.07) is 31.7. The quantitative estimate of drug-likeness (QED) is 0.0810. The molecule has 5 rings (SSSR count). The van der Waals surface area contributed by atoms with Crippen LogP contribution >= 0.6 is 0 Å². The van der Waals surface area contributed by atoms with Crippen molar-refractivity contribution < 1.29 is 40.4 Å². The normalized spacial score (nSPS) is 15.4. The fourth-order valence-electron chi connectivity index (χ4n) is 5.88. The third kappa shape index (κ3) is 10.2. The second-order valence-electron chi connectivity index (χ2n) is 12.0. The van der Waals surface area contributed by atoms with Gasteiger partial charge < -0.3 is 0 Å². The average Bonchev–Trinajstić information content (AvgIpc) is 3.10. The Kier molecular flexibility index (Phi) is 12.5. The van der Waals surface area contributed by atoms with E-state index in [1.54, 1.807) is 0 Å². The Labute approximate surface area is 286 Å². The third-order valence-corrected chi connectivity index (χ3v) is 11.9. The van der Waals surface area contributed by atoms with Crippen LogP contribution in [0.3, 0.4) is 0 Å². The van der Waals surface area contributed by atoms with E-state index in [2.05, 4.69) is 22.0 Å². The SMILES string of the molecule is NC(=O)C(Cc1ccccc1)NC(=O)[C@@H](CCc1ccccc1)[I-]C(=O)C(Cc1ccc2ccccc2c1)NC(=O)C1CCNCC1. The van der Waals surface area contributed by atoms with Crippen LogP contribution in [0.1, 0.15) is 36.0 Å². The van der Waals surface area contributed by atoms with Gasteiger partial charge in [-0.05, 0) is 0 Å². The van der Waals surface area contributed by atoms with E-state index in [-0.39, 0.29) is 27.9 Å². The number of rotatable bonds is 15. The molecule has 9 heteroatoms. The van der Waals surface area contributed by atoms with Crippen molar-refractivity contribution in [2.24, 2.45) is 11.7 Å². The summed E-state index contributed by atoms with van der Waals surface area (Å²) in [6.07, 6.45) is 3.08. The summed E-state index contributed by atoms with van der Waals surface area (Å²) in [5.41, 5.74) is 8.61. The fourth-order valence-corrected chi connectivity index (χ4v) is 8.51. The summed E-state index contributed by atoms with van der Waals surface area (Å²) in [7, 11) is 0. The van der Waals surface area contributed by atoms with Gasteiger partial charge in [0.15, 0.2) is 0 Å². The van der Waals surface area contributed by atoms with Crippen LogP contribution in [-0.2, 0) is 38.4 Å². The number of carbonyl (C=O) groups is 4. The zero-order valence-corrected chi connectivity index (χ0v) is 28.5. The van der Waals surface area contributed by atoms with Crippen molar-refractivity contribution in [2.75, 3.05) is 13.1 Å². The number of alkyl halides is 1. The number of nitrogens with one attached hydrogen (secondary N) is 3. The summed E-state index contributed by atoms with van der Waals surface area (Å²) in [5.74, 6) is -1.25. The zero-order chi connectivity index (χ0) is 33.0. The molecule has 1 aliphatic rings. The molecule has 0 aliphatic carbocycles. The van der Waals surface area contributed by atoms with Gasteiger partial charge in [-0.2, -0.15) is 0 Å². The number of amides is 3. The van der Waals surface area contributed by atoms with E-state index in [0.717, 1.165) is 53.4 Å². The molecule has 1 fully saturated rings. The Morgan fingerprint density at radius 2 is 1.34 bits per heavy atom. The van der Waals surface area contributed by atoms with Crippen LogP contribution in [0.5, 0.6) is 0 Å². The number of benzene rings is 4. The van der Waals surface area contributed by atoms with Crippen LogP contribution in [-0.4, -0.2) is 50.6 Å². The van der Waals surface area contributed by atoms with E-state index in [1.165, 1.54) is 0 Å². The number of primary amides is 1. The van der Waals surface area contributed by atoms with Gasteiger partial charge in [-0.25, -0.2) is 0 Å². The van der Waals surface area contributed by atoms with Gasteiger partial charge in [0.2, 0.25) is 0 Å². The van der Waals surface area contributed by atoms with Crippen LogP contribution in [0.4, 0.5) is 0 Å². The van der Waals surface area contributed by atoms with Gasteiger partial charge in [-0.3, -0.25) is 0 Å². The third-order valence-electron chi connectivity index (χ3n) is 8.55. The molecule has 4 aromatic rings. The summed E-state index contributed by atoms with van der Waals surface area (Å²) in [5, 5.41) is 11.4. The maximum atomic E-state index is 14.2. The van der Waals surface area contributed by atoms with E-state index in [4.69, 9.17) is 5.73 Å². The van der Waals surface area contributed by atoms with Gasteiger partial charge in [0.1, 0.15) is 0 Å². The number of piperidine rings is 1. The number of nitrogens with two attached hydrogens (primary N) is 1. The minimum absolute atomic E-state index is 0.105. The first-order valence-corrected chi connectivity index (χ1v) is 18.5. The molecule has 3 amide bonds. The minimum atomic E-state index is -1.41. The van der Waals surface area contributed by atoms with Crippen molar-refractivity contribution in [3.8, 4) is 0 Å². The molecule has 0 aromatic heterocycles. The predicted octanol–water partition coefficient (Wildman–Crippen LogP) is 0.697. The van der Waals surface area contributed by atoms with Crippen molar-refractivity contribution in [1.29, 1.82) is 0 Å². The van der Waals surface area contributed by atoms with Crippen molar-refractivity contribution in [1.82, 2.24) is 16.0 Å². The van der Waals surface area contributed by atoms with Gasteiger partial charge in [0, 0.05) is 0 Å². The molecule has 1 heterocycles. The van der Waals surface area contributed by atoms with Crippen molar-refractivity contribution in [3.63, 3.8) is 0 Å². The fraction of sp³-hybridized carbons (Fsp3) is 0.316. The van der Waals surface area contributed by atoms with Crippen LogP contribution in [0.2, 0.25) is 0 Å². The van der Waals surface area contributed by atoms with E-state index < -0.39 is 43.1 Å². The number of fused-ring (bicyclic) bond motifs is 1. The molecule has 47 heavy (non-hydrogen) atoms. The van der Waals surface area contributed by atoms with E-state index in [1.807, 2.05) is 97.1 Å². The monoisotopic (exact) mass is 745 g/mol. The second-order valence-corrected chi connectivity index (χ2v) is 15.2. The molecule has 2 unspecified atom stereocenters. The topological polar surface area (TPSA) is 130 Å². The number of aryl methyl sites for hydroxylation is 1. The Morgan fingerprint density at radius 1 is 0.723 bits per heavy atom. The number of carbonyl (C=O) groups excluding carboxylic acids is 4. The summed E-state index contributed by atoms with van der Waals surface area (Å²) in [4.78, 5) is 53.9. The average molecular weight is 746 g/mol. The molecule has 0 saturated carbocycles. The first kappa shape index (κ1) is 34.3. The molecule has 0 radical (unpaired) electrons. The van der Waals surface area contributed by atoms with Gasteiger partial charge in [-0.1, -0.05) is 0 Å². The van der Waals surface area contributed by atoms with Crippen molar-refractivity contribution in [3.05, 3.63) is 120 Å². The van der Waals surface area contributed by atoms with Crippen LogP contribution < -0.4 is 42.9 Å². The summed E-state index contributed by atoms with van der Waals surface area (Å²) in [6.45, 7) is 1.53. The number of hydrogen-bond acceptors (Lipinski definition) is 5. The van der Waals surface area contributed by atoms with E-state index >= 15 is 0 Å². The molecule has 3 atom stereocenters. The molecule has 5 N–H and O–H groups in total. The summed E-state index contributed by atoms with van der Waals surface area (Å²) >= 11 is -1.41. The van der Waals surface area contributed by atoms with Crippen LogP contribution in [0, 0.1) is 5.92 Å². The maximum absolute atomic E-state index is 14.2. The Hall–Kier alpha value is -4.09. The van der Waals surface area contributed by atoms with Gasteiger partial charge in [-0.15, -0.1) is 0 Å². The molecular formula is C38H42IN4O4-. The van der Waals surface area contributed by atoms with E-state index in [0.29, 0.717) is 19.3 Å². The molecule has 0 bridgehead atoms. The standard InChI is InChI=1S/C38H42IN4O4/c40-36(45)34(24-27-11-5-2-6-12-27)43-38(47)32(18-16-26-9-3-1-4-10-26)39-35(44)33(42-37(46)30-19-21-41-22-20-30)25-28-15-17-29-13-7-8-14-31(29)23-28/h1-15,17,23,30,32-34,41H,16,18-22,24-25H2,(H2,40,45)(H,42,46)(H,43,47)/q-1/t32-,33?,34?/m1/s1. The molecule has 1 aliphatic heterocycles. The van der Waals surface area contributed by atoms with Gasteiger partial charge in [0.25, 0.3) is 0 Å². The summed E-state index contributed by atoms with van der Waals surface area (Å²) < 4.78 is -0.722. The molecule has 4 aromatic carbocycles. The molecule has 8 nitrogen and oxygen atoms in total. The first-order chi connectivity index (χ1) is 22.9. The van der Waals surface area contributed by atoms with Gasteiger partial charge >= 0.3 is 288 Å². The second kappa shape index (κ2) is 17.2. The Balaban J connectivity index is 1.36. The Bertz CT molecular complexity index is 1660. The molecular weight excluding hydrogens is 703 g/mol. The zero-order valence-electron chi connectivity index (χ0n) is 26.4. The first-order valence-electron chi connectivity index (χ1n) is 16.2. The Morgan fingerprint density at radius 3 is 2.02 bits per heavy atom. The predicted molar refractivity (Wildman–Crippen MR) is 180 cm³/mol. The van der Waals surface area contributed by atoms with Crippen molar-refractivity contribution >= 4 is 32.3 Å². The molecule has 246 valence electrons. The van der Waals surface area contributed by atoms with E-state index in [9.17, 15) is 19.2 Å². The number of halogens is 1.